The number of ether oxygens (including phenoxy) is 1. The molecule has 1 saturated heterocycles. The van der Waals surface area contributed by atoms with E-state index in [4.69, 9.17) is 16.3 Å². The van der Waals surface area contributed by atoms with Crippen LogP contribution >= 0.6 is 11.6 Å². The average Bonchev–Trinajstić information content (AvgIpc) is 3.24. The lowest BCUT2D eigenvalue weighted by molar-refractivity contribution is -0.139. The van der Waals surface area contributed by atoms with Crippen LogP contribution in [0.15, 0.2) is 36.5 Å². The van der Waals surface area contributed by atoms with Gasteiger partial charge in [-0.3, -0.25) is 4.79 Å². The quantitative estimate of drug-likeness (QED) is 0.923. The first-order chi connectivity index (χ1) is 10.7. The van der Waals surface area contributed by atoms with Gasteiger partial charge in [-0.25, -0.2) is 0 Å². The highest BCUT2D eigenvalue weighted by Crippen LogP contribution is 2.35. The third-order valence-corrected chi connectivity index (χ3v) is 4.72. The van der Waals surface area contributed by atoms with Gasteiger partial charge < -0.3 is 14.6 Å². The van der Waals surface area contributed by atoms with Gasteiger partial charge in [0.25, 0.3) is 5.91 Å². The number of aromatic nitrogens is 1. The van der Waals surface area contributed by atoms with Crippen LogP contribution in [0.25, 0.3) is 0 Å². The van der Waals surface area contributed by atoms with Crippen LogP contribution in [0.5, 0.6) is 5.75 Å². The van der Waals surface area contributed by atoms with Crippen molar-refractivity contribution in [1.82, 2.24) is 9.88 Å². The normalized spacial score (nSPS) is 23.4. The van der Waals surface area contributed by atoms with Gasteiger partial charge in [-0.1, -0.05) is 11.6 Å². The lowest BCUT2D eigenvalue weighted by Gasteiger charge is -2.26. The predicted octanol–water partition coefficient (Wildman–Crippen LogP) is 3.34. The minimum Gasteiger partial charge on any atom is -0.480 e. The molecular formula is C17H17ClN2O2. The first-order valence-corrected chi connectivity index (χ1v) is 7.99. The summed E-state index contributed by atoms with van der Waals surface area (Å²) in [4.78, 5) is 18.0. The van der Waals surface area contributed by atoms with Crippen LogP contribution in [-0.4, -0.2) is 28.4 Å². The Morgan fingerprint density at radius 2 is 2.27 bits per heavy atom. The molecule has 0 spiro atoms. The summed E-state index contributed by atoms with van der Waals surface area (Å²) in [5.41, 5.74) is 2.12. The third-order valence-electron chi connectivity index (χ3n) is 4.49. The lowest BCUT2D eigenvalue weighted by Crippen LogP contribution is -2.41. The number of nitrogens with zero attached hydrogens (tertiary/aromatic N) is 1. The molecule has 5 heteroatoms. The lowest BCUT2D eigenvalue weighted by atomic mass is 10.1. The summed E-state index contributed by atoms with van der Waals surface area (Å²) in [6.45, 7) is 0.791. The van der Waals surface area contributed by atoms with E-state index >= 15 is 0 Å². The molecule has 114 valence electrons. The highest BCUT2D eigenvalue weighted by Gasteiger charge is 2.38. The van der Waals surface area contributed by atoms with Crippen molar-refractivity contribution in [1.29, 1.82) is 0 Å². The van der Waals surface area contributed by atoms with Crippen molar-refractivity contribution < 1.29 is 9.53 Å². The molecule has 0 radical (unpaired) electrons. The maximum absolute atomic E-state index is 12.9. The Kier molecular flexibility index (Phi) is 3.34. The largest absolute Gasteiger partial charge is 0.480 e. The Bertz CT molecular complexity index is 699. The van der Waals surface area contributed by atoms with Gasteiger partial charge in [-0.2, -0.15) is 0 Å². The highest BCUT2D eigenvalue weighted by molar-refractivity contribution is 6.30. The van der Waals surface area contributed by atoms with Crippen molar-refractivity contribution in [2.75, 3.05) is 6.54 Å². The summed E-state index contributed by atoms with van der Waals surface area (Å²) in [6, 6.07) is 9.68. The van der Waals surface area contributed by atoms with E-state index in [0.29, 0.717) is 11.4 Å². The Balaban J connectivity index is 1.53. The minimum atomic E-state index is -0.427. The van der Waals surface area contributed by atoms with Crippen molar-refractivity contribution in [3.63, 3.8) is 0 Å². The van der Waals surface area contributed by atoms with E-state index in [1.54, 1.807) is 6.07 Å². The highest BCUT2D eigenvalue weighted by atomic mass is 35.5. The smallest absolute Gasteiger partial charge is 0.264 e. The van der Waals surface area contributed by atoms with Gasteiger partial charge >= 0.3 is 0 Å². The number of likely N-dealkylation sites (tertiary alicyclic amines) is 1. The van der Waals surface area contributed by atoms with E-state index in [1.165, 1.54) is 0 Å². The fourth-order valence-corrected chi connectivity index (χ4v) is 3.64. The van der Waals surface area contributed by atoms with Gasteiger partial charge in [0.2, 0.25) is 0 Å². The third kappa shape index (κ3) is 2.28. The Labute approximate surface area is 134 Å². The molecule has 0 saturated carbocycles. The predicted molar refractivity (Wildman–Crippen MR) is 84.1 cm³/mol. The van der Waals surface area contributed by atoms with Gasteiger partial charge in [0.05, 0.1) is 6.04 Å². The molecule has 4 nitrogen and oxygen atoms in total. The van der Waals surface area contributed by atoms with Crippen LogP contribution in [-0.2, 0) is 11.2 Å². The second-order valence-electron chi connectivity index (χ2n) is 5.88. The average molecular weight is 317 g/mol. The van der Waals surface area contributed by atoms with Gasteiger partial charge in [0, 0.05) is 29.9 Å². The molecule has 2 aromatic rings. The number of benzene rings is 1. The topological polar surface area (TPSA) is 45.3 Å². The number of amides is 1. The molecule has 0 aliphatic carbocycles. The van der Waals surface area contributed by atoms with E-state index in [1.807, 2.05) is 35.4 Å². The van der Waals surface area contributed by atoms with Crippen LogP contribution in [0, 0.1) is 0 Å². The number of hydrogen-bond donors (Lipinski definition) is 1. The summed E-state index contributed by atoms with van der Waals surface area (Å²) < 4.78 is 5.84. The van der Waals surface area contributed by atoms with Gasteiger partial charge in [0.15, 0.2) is 6.10 Å². The summed E-state index contributed by atoms with van der Waals surface area (Å²) in [6.07, 6.45) is 4.10. The first-order valence-electron chi connectivity index (χ1n) is 7.61. The maximum Gasteiger partial charge on any atom is 0.264 e. The van der Waals surface area contributed by atoms with Gasteiger partial charge in [-0.15, -0.1) is 0 Å². The molecule has 2 atom stereocenters. The number of carbonyl (C=O) groups excluding carboxylic acids is 1. The fraction of sp³-hybridized carbons (Fsp3) is 0.353. The zero-order chi connectivity index (χ0) is 15.1. The van der Waals surface area contributed by atoms with E-state index in [2.05, 4.69) is 4.98 Å². The maximum atomic E-state index is 12.9. The van der Waals surface area contributed by atoms with Crippen molar-refractivity contribution in [2.45, 2.75) is 31.4 Å². The molecular weight excluding hydrogens is 300 g/mol. The molecule has 0 bridgehead atoms. The second kappa shape index (κ2) is 5.36. The summed E-state index contributed by atoms with van der Waals surface area (Å²) in [5, 5.41) is 0.681. The fourth-order valence-electron chi connectivity index (χ4n) is 3.45. The number of hydrogen-bond acceptors (Lipinski definition) is 2. The van der Waals surface area contributed by atoms with Crippen molar-refractivity contribution >= 4 is 17.5 Å². The second-order valence-corrected chi connectivity index (χ2v) is 6.31. The van der Waals surface area contributed by atoms with Crippen LogP contribution in [0.4, 0.5) is 0 Å². The Hall–Kier alpha value is -1.94. The minimum absolute atomic E-state index is 0.0735. The zero-order valence-electron chi connectivity index (χ0n) is 12.1. The Morgan fingerprint density at radius 1 is 1.36 bits per heavy atom. The summed E-state index contributed by atoms with van der Waals surface area (Å²) in [5.74, 6) is 0.850. The molecule has 3 heterocycles. The Morgan fingerprint density at radius 3 is 3.09 bits per heavy atom. The number of fused-ring (bicyclic) bond motifs is 1. The molecule has 2 aliphatic heterocycles. The number of rotatable bonds is 2. The SMILES string of the molecule is O=C([C@@H]1Cc2cc(Cl)ccc2O1)N1CCC[C@@H]1c1ccc[nH]1. The molecule has 22 heavy (non-hydrogen) atoms. The van der Waals surface area contributed by atoms with E-state index in [9.17, 15) is 4.79 Å². The molecule has 1 aromatic carbocycles. The van der Waals surface area contributed by atoms with E-state index in [0.717, 1.165) is 36.4 Å². The molecule has 4 rings (SSSR count). The van der Waals surface area contributed by atoms with E-state index < -0.39 is 6.10 Å². The van der Waals surface area contributed by atoms with E-state index in [-0.39, 0.29) is 11.9 Å². The van der Waals surface area contributed by atoms with Crippen molar-refractivity contribution in [3.8, 4) is 5.75 Å². The van der Waals surface area contributed by atoms with Crippen molar-refractivity contribution in [3.05, 3.63) is 52.8 Å². The van der Waals surface area contributed by atoms with Crippen molar-refractivity contribution in [2.24, 2.45) is 0 Å². The number of nitrogens with one attached hydrogen (secondary N) is 1. The van der Waals surface area contributed by atoms with Crippen LogP contribution in [0.3, 0.4) is 0 Å². The first kappa shape index (κ1) is 13.7. The summed E-state index contributed by atoms with van der Waals surface area (Å²) >= 11 is 6.01. The summed E-state index contributed by atoms with van der Waals surface area (Å²) in [7, 11) is 0. The van der Waals surface area contributed by atoms with Crippen LogP contribution in [0.2, 0.25) is 5.02 Å². The van der Waals surface area contributed by atoms with Gasteiger partial charge in [-0.05, 0) is 48.7 Å². The molecule has 1 N–H and O–H groups in total. The van der Waals surface area contributed by atoms with Crippen LogP contribution in [0.1, 0.15) is 30.1 Å². The molecule has 1 fully saturated rings. The molecule has 1 amide bonds. The molecule has 2 aliphatic rings. The molecule has 0 unspecified atom stereocenters. The number of halogens is 1. The monoisotopic (exact) mass is 316 g/mol. The van der Waals surface area contributed by atoms with Gasteiger partial charge in [0.1, 0.15) is 5.75 Å². The number of carbonyl (C=O) groups is 1. The molecule has 1 aromatic heterocycles. The number of H-pyrrole nitrogens is 1. The van der Waals surface area contributed by atoms with Crippen LogP contribution < -0.4 is 4.74 Å². The number of aromatic amines is 1. The standard InChI is InChI=1S/C17H17ClN2O2/c18-12-5-6-15-11(9-12)10-16(22-15)17(21)20-8-2-4-14(20)13-3-1-7-19-13/h1,3,5-7,9,14,16,19H,2,4,8,10H2/t14-,16+/m1/s1. The zero-order valence-corrected chi connectivity index (χ0v) is 12.8.